The van der Waals surface area contributed by atoms with E-state index < -0.39 is 16.9 Å². The molecule has 2 nitrogen and oxygen atoms in total. The highest BCUT2D eigenvalue weighted by Crippen LogP contribution is 2.40. The van der Waals surface area contributed by atoms with Gasteiger partial charge in [0.15, 0.2) is 0 Å². The maximum absolute atomic E-state index is 13.7. The van der Waals surface area contributed by atoms with Gasteiger partial charge in [-0.3, -0.25) is 9.59 Å². The zero-order valence-corrected chi connectivity index (χ0v) is 18.3. The van der Waals surface area contributed by atoms with Crippen molar-refractivity contribution in [3.05, 3.63) is 97.6 Å². The molecule has 0 aliphatic heterocycles. The van der Waals surface area contributed by atoms with Crippen molar-refractivity contribution in [1.29, 1.82) is 0 Å². The third-order valence-electron chi connectivity index (χ3n) is 4.45. The lowest BCUT2D eigenvalue weighted by atomic mass is 9.97. The molecule has 0 saturated carbocycles. The van der Waals surface area contributed by atoms with Crippen LogP contribution >= 0.6 is 23.5 Å². The van der Waals surface area contributed by atoms with E-state index >= 15 is 0 Å². The van der Waals surface area contributed by atoms with Gasteiger partial charge >= 0.3 is 6.18 Å². The average molecular weight is 471 g/mol. The van der Waals surface area contributed by atoms with E-state index in [4.69, 9.17) is 0 Å². The molecule has 7 heteroatoms. The van der Waals surface area contributed by atoms with Crippen LogP contribution in [0.1, 0.15) is 5.56 Å². The van der Waals surface area contributed by atoms with E-state index in [1.807, 2.05) is 12.1 Å². The molecule has 0 fully saturated rings. The molecule has 0 unspecified atom stereocenters. The van der Waals surface area contributed by atoms with Gasteiger partial charge in [-0.2, -0.15) is 13.2 Å². The second-order valence-corrected chi connectivity index (χ2v) is 8.71. The van der Waals surface area contributed by atoms with Crippen LogP contribution in [0.3, 0.4) is 0 Å². The highest BCUT2D eigenvalue weighted by molar-refractivity contribution is 8.14. The summed E-state index contributed by atoms with van der Waals surface area (Å²) in [7, 11) is 0. The van der Waals surface area contributed by atoms with Gasteiger partial charge in [0, 0.05) is 9.79 Å². The molecule has 0 atom stereocenters. The lowest BCUT2D eigenvalue weighted by Crippen LogP contribution is -2.07. The summed E-state index contributed by atoms with van der Waals surface area (Å²) >= 11 is 1.76. The summed E-state index contributed by atoms with van der Waals surface area (Å²) in [5, 5.41) is -0.575. The Hall–Kier alpha value is -3.03. The highest BCUT2D eigenvalue weighted by atomic mass is 32.2. The second kappa shape index (κ2) is 10.1. The van der Waals surface area contributed by atoms with Crippen molar-refractivity contribution in [2.75, 3.05) is 0 Å². The molecule has 0 aromatic heterocycles. The zero-order valence-electron chi connectivity index (χ0n) is 16.7. The van der Waals surface area contributed by atoms with Gasteiger partial charge in [0.05, 0.1) is 5.56 Å². The first-order valence-corrected chi connectivity index (χ1v) is 10.9. The Morgan fingerprint density at radius 1 is 0.688 bits per heavy atom. The van der Waals surface area contributed by atoms with Gasteiger partial charge in [-0.1, -0.05) is 55.6 Å². The maximum Gasteiger partial charge on any atom is 0.417 e. The molecule has 3 aromatic carbocycles. The molecular formula is C25H17F3O2S2. The largest absolute Gasteiger partial charge is 0.417 e. The standard InChI is InChI=1S/C25H17F3O2S2/c1-3-23(29)31-19-11-9-17(10-12-19)16-5-7-18(8-6-16)21-14-13-20(32-24(30)4-2)15-22(21)25(26,27)28/h3-15H,1-2H2. The molecule has 3 aromatic rings. The molecule has 32 heavy (non-hydrogen) atoms. The van der Waals surface area contributed by atoms with Crippen molar-refractivity contribution < 1.29 is 22.8 Å². The number of carbonyl (C=O) groups excluding carboxylic acids is 2. The normalized spacial score (nSPS) is 11.1. The van der Waals surface area contributed by atoms with Crippen molar-refractivity contribution in [1.82, 2.24) is 0 Å². The summed E-state index contributed by atoms with van der Waals surface area (Å²) < 4.78 is 41.1. The van der Waals surface area contributed by atoms with E-state index in [0.717, 1.165) is 39.9 Å². The zero-order chi connectivity index (χ0) is 23.3. The van der Waals surface area contributed by atoms with E-state index in [0.29, 0.717) is 17.3 Å². The summed E-state index contributed by atoms with van der Waals surface area (Å²) in [4.78, 5) is 23.9. The summed E-state index contributed by atoms with van der Waals surface area (Å²) in [5.74, 6) is 0. The average Bonchev–Trinajstić information content (AvgIpc) is 2.79. The highest BCUT2D eigenvalue weighted by Gasteiger charge is 2.34. The summed E-state index contributed by atoms with van der Waals surface area (Å²) in [6, 6.07) is 17.9. The van der Waals surface area contributed by atoms with Crippen LogP contribution in [0, 0.1) is 0 Å². The minimum Gasteiger partial charge on any atom is -0.282 e. The summed E-state index contributed by atoms with van der Waals surface area (Å²) in [6.07, 6.45) is -2.26. The molecule has 0 aliphatic carbocycles. The molecule has 0 amide bonds. The van der Waals surface area contributed by atoms with Gasteiger partial charge in [-0.25, -0.2) is 0 Å². The molecule has 0 spiro atoms. The van der Waals surface area contributed by atoms with Gasteiger partial charge in [-0.15, -0.1) is 0 Å². The molecule has 0 N–H and O–H groups in total. The minimum absolute atomic E-state index is 0.0362. The number of benzene rings is 3. The molecular weight excluding hydrogens is 453 g/mol. The van der Waals surface area contributed by atoms with Crippen molar-refractivity contribution in [2.24, 2.45) is 0 Å². The van der Waals surface area contributed by atoms with Crippen molar-refractivity contribution >= 4 is 33.8 Å². The van der Waals surface area contributed by atoms with Crippen LogP contribution in [0.5, 0.6) is 0 Å². The van der Waals surface area contributed by atoms with Crippen LogP contribution in [0.2, 0.25) is 0 Å². The number of thioether (sulfide) groups is 2. The summed E-state index contributed by atoms with van der Waals surface area (Å²) in [5.41, 5.74) is 1.35. The minimum atomic E-state index is -4.57. The monoisotopic (exact) mass is 470 g/mol. The summed E-state index contributed by atoms with van der Waals surface area (Å²) in [6.45, 7) is 6.77. The van der Waals surface area contributed by atoms with Crippen molar-refractivity contribution in [2.45, 2.75) is 16.0 Å². The first-order chi connectivity index (χ1) is 15.2. The number of carbonyl (C=O) groups is 2. The number of rotatable bonds is 6. The number of halogens is 3. The van der Waals surface area contributed by atoms with Crippen molar-refractivity contribution in [3.63, 3.8) is 0 Å². The van der Waals surface area contributed by atoms with Crippen LogP contribution in [-0.2, 0) is 15.8 Å². The van der Waals surface area contributed by atoms with Crippen LogP contribution < -0.4 is 0 Å². The van der Waals surface area contributed by atoms with Gasteiger partial charge in [0.25, 0.3) is 0 Å². The smallest absolute Gasteiger partial charge is 0.282 e. The van der Waals surface area contributed by atoms with Crippen LogP contribution in [0.15, 0.2) is 102 Å². The predicted octanol–water partition coefficient (Wildman–Crippen LogP) is 7.65. The molecule has 162 valence electrons. The first-order valence-electron chi connectivity index (χ1n) is 9.32. The molecule has 0 saturated heterocycles. The topological polar surface area (TPSA) is 34.1 Å². The van der Waals surface area contributed by atoms with E-state index in [2.05, 4.69) is 13.2 Å². The molecule has 0 bridgehead atoms. The Morgan fingerprint density at radius 2 is 1.12 bits per heavy atom. The fourth-order valence-corrected chi connectivity index (χ4v) is 4.16. The lowest BCUT2D eigenvalue weighted by molar-refractivity contribution is -0.137. The van der Waals surface area contributed by atoms with Gasteiger partial charge in [-0.05, 0) is 82.2 Å². The Labute approximate surface area is 192 Å². The van der Waals surface area contributed by atoms with Crippen LogP contribution in [-0.4, -0.2) is 10.2 Å². The molecule has 0 radical (unpaired) electrons. The Morgan fingerprint density at radius 3 is 1.62 bits per heavy atom. The Balaban J connectivity index is 1.89. The fraction of sp³-hybridized carbons (Fsp3) is 0.0400. The molecule has 3 rings (SSSR count). The Kier molecular flexibility index (Phi) is 7.43. The SMILES string of the molecule is C=CC(=O)Sc1ccc(-c2ccc(-c3ccc(SC(=O)C=C)cc3C(F)(F)F)cc2)cc1. The van der Waals surface area contributed by atoms with Crippen molar-refractivity contribution in [3.8, 4) is 22.3 Å². The van der Waals surface area contributed by atoms with E-state index in [1.165, 1.54) is 18.2 Å². The second-order valence-electron chi connectivity index (χ2n) is 6.56. The number of hydrogen-bond acceptors (Lipinski definition) is 4. The van der Waals surface area contributed by atoms with Gasteiger partial charge in [0.2, 0.25) is 10.2 Å². The quantitative estimate of drug-likeness (QED) is 0.274. The van der Waals surface area contributed by atoms with Crippen LogP contribution in [0.25, 0.3) is 22.3 Å². The van der Waals surface area contributed by atoms with Gasteiger partial charge in [0.1, 0.15) is 0 Å². The van der Waals surface area contributed by atoms with Gasteiger partial charge < -0.3 is 0 Å². The third kappa shape index (κ3) is 5.81. The number of alkyl halides is 3. The predicted molar refractivity (Wildman–Crippen MR) is 124 cm³/mol. The van der Waals surface area contributed by atoms with Crippen LogP contribution in [0.4, 0.5) is 13.2 Å². The van der Waals surface area contributed by atoms with E-state index in [-0.39, 0.29) is 15.6 Å². The fourth-order valence-electron chi connectivity index (χ4n) is 2.95. The molecule has 0 aliphatic rings. The first kappa shape index (κ1) is 23.6. The Bertz CT molecular complexity index is 1170. The molecule has 0 heterocycles. The van der Waals surface area contributed by atoms with E-state index in [1.54, 1.807) is 36.4 Å². The maximum atomic E-state index is 13.7. The lowest BCUT2D eigenvalue weighted by Gasteiger charge is -2.15. The van der Waals surface area contributed by atoms with E-state index in [9.17, 15) is 22.8 Å². The third-order valence-corrected chi connectivity index (χ3v) is 6.18. The number of hydrogen-bond donors (Lipinski definition) is 0.